The maximum atomic E-state index is 12.7. The Bertz CT molecular complexity index is 1050. The Morgan fingerprint density at radius 3 is 2.50 bits per heavy atom. The lowest BCUT2D eigenvalue weighted by atomic mass is 10.1. The van der Waals surface area contributed by atoms with Gasteiger partial charge < -0.3 is 15.5 Å². The summed E-state index contributed by atoms with van der Waals surface area (Å²) in [7, 11) is 0. The fourth-order valence-electron chi connectivity index (χ4n) is 3.20. The summed E-state index contributed by atoms with van der Waals surface area (Å²) in [5.41, 5.74) is 3.31. The Labute approximate surface area is 180 Å². The highest BCUT2D eigenvalue weighted by Gasteiger charge is 2.18. The van der Waals surface area contributed by atoms with Gasteiger partial charge in [0, 0.05) is 42.6 Å². The predicted molar refractivity (Wildman–Crippen MR) is 120 cm³/mol. The van der Waals surface area contributed by atoms with E-state index in [0.717, 1.165) is 36.3 Å². The van der Waals surface area contributed by atoms with E-state index in [-0.39, 0.29) is 5.91 Å². The molecule has 1 saturated heterocycles. The molecule has 0 atom stereocenters. The fraction of sp³-hybridized carbons (Fsp3) is 0.174. The average Bonchev–Trinajstić information content (AvgIpc) is 2.73. The molecule has 0 spiro atoms. The maximum Gasteiger partial charge on any atom is 0.257 e. The van der Waals surface area contributed by atoms with Crippen LogP contribution < -0.4 is 10.6 Å². The summed E-state index contributed by atoms with van der Waals surface area (Å²) in [4.78, 5) is 18.9. The van der Waals surface area contributed by atoms with Gasteiger partial charge in [0.25, 0.3) is 5.91 Å². The molecule has 2 heterocycles. The van der Waals surface area contributed by atoms with E-state index < -0.39 is 0 Å². The minimum atomic E-state index is -0.222. The summed E-state index contributed by atoms with van der Waals surface area (Å²) >= 11 is 5.85. The number of aromatic nitrogens is 1. The molecule has 1 fully saturated rings. The van der Waals surface area contributed by atoms with Crippen molar-refractivity contribution in [2.24, 2.45) is 0 Å². The molecule has 3 aromatic rings. The number of amidine groups is 1. The van der Waals surface area contributed by atoms with Crippen molar-refractivity contribution in [3.8, 4) is 0 Å². The number of halogens is 1. The zero-order chi connectivity index (χ0) is 20.9. The maximum absolute atomic E-state index is 12.7. The highest BCUT2D eigenvalue weighted by molar-refractivity contribution is 6.30. The summed E-state index contributed by atoms with van der Waals surface area (Å²) in [5.74, 6) is 0.804. The first kappa shape index (κ1) is 19.9. The van der Waals surface area contributed by atoms with Crippen molar-refractivity contribution in [1.82, 2.24) is 9.88 Å². The third-order valence-corrected chi connectivity index (χ3v) is 5.27. The lowest BCUT2D eigenvalue weighted by molar-refractivity contribution is 0.102. The minimum Gasteiger partial charge on any atom is -0.381 e. The van der Waals surface area contributed by atoms with Crippen molar-refractivity contribution in [1.29, 1.82) is 5.41 Å². The molecule has 0 aliphatic carbocycles. The number of likely N-dealkylation sites (tertiary alicyclic amines) is 1. The highest BCUT2D eigenvalue weighted by Crippen LogP contribution is 2.18. The van der Waals surface area contributed by atoms with Gasteiger partial charge in [-0.2, -0.15) is 0 Å². The summed E-state index contributed by atoms with van der Waals surface area (Å²) in [5, 5.41) is 14.9. The molecule has 0 saturated carbocycles. The molecule has 1 aliphatic heterocycles. The molecule has 0 bridgehead atoms. The van der Waals surface area contributed by atoms with Gasteiger partial charge in [-0.15, -0.1) is 0 Å². The Kier molecular flexibility index (Phi) is 5.95. The molecule has 30 heavy (non-hydrogen) atoms. The van der Waals surface area contributed by atoms with E-state index in [1.54, 1.807) is 18.2 Å². The van der Waals surface area contributed by atoms with E-state index >= 15 is 0 Å². The van der Waals surface area contributed by atoms with Crippen LogP contribution in [0.3, 0.4) is 0 Å². The predicted octanol–water partition coefficient (Wildman–Crippen LogP) is 4.63. The summed E-state index contributed by atoms with van der Waals surface area (Å²) in [6.45, 7) is 2.42. The second kappa shape index (κ2) is 8.97. The van der Waals surface area contributed by atoms with Crippen LogP contribution in [0, 0.1) is 5.41 Å². The first-order chi connectivity index (χ1) is 14.6. The molecule has 7 heteroatoms. The van der Waals surface area contributed by atoms with Gasteiger partial charge in [0.2, 0.25) is 0 Å². The largest absolute Gasteiger partial charge is 0.381 e. The van der Waals surface area contributed by atoms with Crippen LogP contribution in [0.5, 0.6) is 0 Å². The zero-order valence-corrected chi connectivity index (χ0v) is 17.1. The van der Waals surface area contributed by atoms with E-state index in [2.05, 4.69) is 20.5 Å². The first-order valence-corrected chi connectivity index (χ1v) is 10.2. The Hall–Kier alpha value is -3.38. The monoisotopic (exact) mass is 419 g/mol. The van der Waals surface area contributed by atoms with Crippen LogP contribution in [0.15, 0.2) is 66.9 Å². The molecule has 3 N–H and O–H groups in total. The molecule has 1 aromatic heterocycles. The normalized spacial score (nSPS) is 12.8. The van der Waals surface area contributed by atoms with Gasteiger partial charge in [0.1, 0.15) is 11.7 Å². The highest BCUT2D eigenvalue weighted by atomic mass is 35.5. The van der Waals surface area contributed by atoms with Crippen molar-refractivity contribution in [2.45, 2.75) is 13.0 Å². The molecule has 152 valence electrons. The third-order valence-electron chi connectivity index (χ3n) is 5.04. The number of rotatable bonds is 6. The van der Waals surface area contributed by atoms with Crippen molar-refractivity contribution < 1.29 is 4.79 Å². The molecule has 2 aromatic carbocycles. The molecule has 4 rings (SSSR count). The quantitative estimate of drug-likeness (QED) is 0.402. The van der Waals surface area contributed by atoms with Crippen LogP contribution in [0.2, 0.25) is 5.02 Å². The van der Waals surface area contributed by atoms with Gasteiger partial charge in [0.15, 0.2) is 0 Å². The summed E-state index contributed by atoms with van der Waals surface area (Å²) < 4.78 is 0. The molecular weight excluding hydrogens is 398 g/mol. The van der Waals surface area contributed by atoms with Crippen LogP contribution in [0.25, 0.3) is 0 Å². The number of carbonyl (C=O) groups is 1. The number of hydrogen-bond donors (Lipinski definition) is 3. The number of nitrogens with one attached hydrogen (secondary N) is 3. The van der Waals surface area contributed by atoms with Crippen LogP contribution >= 0.6 is 11.6 Å². The van der Waals surface area contributed by atoms with Gasteiger partial charge in [0.05, 0.1) is 5.02 Å². The second-order valence-electron chi connectivity index (χ2n) is 7.09. The van der Waals surface area contributed by atoms with Gasteiger partial charge in [-0.25, -0.2) is 4.98 Å². The smallest absolute Gasteiger partial charge is 0.257 e. The van der Waals surface area contributed by atoms with E-state index in [0.29, 0.717) is 28.8 Å². The fourth-order valence-corrected chi connectivity index (χ4v) is 3.31. The Morgan fingerprint density at radius 2 is 1.83 bits per heavy atom. The third kappa shape index (κ3) is 4.60. The zero-order valence-electron chi connectivity index (χ0n) is 16.4. The number of nitrogens with zero attached hydrogens (tertiary/aromatic N) is 2. The van der Waals surface area contributed by atoms with Gasteiger partial charge >= 0.3 is 0 Å². The number of anilines is 2. The molecular formula is C23H22ClN5O. The van der Waals surface area contributed by atoms with E-state index in [1.165, 1.54) is 6.20 Å². The number of benzene rings is 2. The van der Waals surface area contributed by atoms with Crippen molar-refractivity contribution >= 4 is 34.8 Å². The molecule has 6 nitrogen and oxygen atoms in total. The van der Waals surface area contributed by atoms with E-state index in [1.807, 2.05) is 42.5 Å². The van der Waals surface area contributed by atoms with E-state index in [9.17, 15) is 4.79 Å². The molecule has 1 amide bonds. The lowest BCUT2D eigenvalue weighted by Gasteiger charge is -2.33. The number of hydrogen-bond acceptors (Lipinski definition) is 4. The standard InChI is InChI=1S/C23H22ClN5O/c24-18-8-11-21(27-15-18)28-23(30)20-5-2-1-4-17(20)14-26-19-9-6-16(7-10-19)22(25)29-12-3-13-29/h1-2,4-11,15,25-26H,3,12-14H2,(H,27,28,30). The van der Waals surface area contributed by atoms with Crippen LogP contribution in [-0.2, 0) is 6.54 Å². The van der Waals surface area contributed by atoms with E-state index in [4.69, 9.17) is 17.0 Å². The number of pyridine rings is 1. The minimum absolute atomic E-state index is 0.222. The molecule has 1 aliphatic rings. The first-order valence-electron chi connectivity index (χ1n) is 9.79. The van der Waals surface area contributed by atoms with Crippen molar-refractivity contribution in [3.05, 3.63) is 88.6 Å². The molecule has 0 unspecified atom stereocenters. The van der Waals surface area contributed by atoms with Crippen LogP contribution in [-0.4, -0.2) is 34.7 Å². The SMILES string of the molecule is N=C(c1ccc(NCc2ccccc2C(=O)Nc2ccc(Cl)cn2)cc1)N1CCC1. The number of carbonyl (C=O) groups excluding carboxylic acids is 1. The molecule has 0 radical (unpaired) electrons. The van der Waals surface area contributed by atoms with Gasteiger partial charge in [-0.05, 0) is 54.4 Å². The topological polar surface area (TPSA) is 81.1 Å². The summed E-state index contributed by atoms with van der Waals surface area (Å²) in [6, 6.07) is 18.6. The van der Waals surface area contributed by atoms with Crippen LogP contribution in [0.4, 0.5) is 11.5 Å². The van der Waals surface area contributed by atoms with Crippen molar-refractivity contribution in [2.75, 3.05) is 23.7 Å². The van der Waals surface area contributed by atoms with Crippen molar-refractivity contribution in [3.63, 3.8) is 0 Å². The second-order valence-corrected chi connectivity index (χ2v) is 7.53. The van der Waals surface area contributed by atoms with Crippen LogP contribution in [0.1, 0.15) is 27.9 Å². The Balaban J connectivity index is 1.40. The summed E-state index contributed by atoms with van der Waals surface area (Å²) in [6.07, 6.45) is 2.65. The Morgan fingerprint density at radius 1 is 1.07 bits per heavy atom. The number of amides is 1. The lowest BCUT2D eigenvalue weighted by Crippen LogP contribution is -2.42. The average molecular weight is 420 g/mol. The van der Waals surface area contributed by atoms with Gasteiger partial charge in [-0.3, -0.25) is 10.2 Å². The van der Waals surface area contributed by atoms with Gasteiger partial charge in [-0.1, -0.05) is 29.8 Å².